The summed E-state index contributed by atoms with van der Waals surface area (Å²) in [4.78, 5) is 26.5. The summed E-state index contributed by atoms with van der Waals surface area (Å²) >= 11 is 4.59. The van der Waals surface area contributed by atoms with E-state index in [1.54, 1.807) is 7.11 Å². The predicted molar refractivity (Wildman–Crippen MR) is 112 cm³/mol. The second-order valence-corrected chi connectivity index (χ2v) is 8.14. The first-order chi connectivity index (χ1) is 12.9. The van der Waals surface area contributed by atoms with Crippen molar-refractivity contribution in [1.82, 2.24) is 9.47 Å². The number of benzene rings is 1. The lowest BCUT2D eigenvalue weighted by Crippen LogP contribution is -2.29. The topological polar surface area (TPSA) is 51.5 Å². The van der Waals surface area contributed by atoms with Gasteiger partial charge in [0.25, 0.3) is 11.1 Å². The Balaban J connectivity index is 1.90. The van der Waals surface area contributed by atoms with Crippen molar-refractivity contribution in [2.45, 2.75) is 20.3 Å². The van der Waals surface area contributed by atoms with Gasteiger partial charge in [-0.1, -0.05) is 12.1 Å². The van der Waals surface area contributed by atoms with Crippen molar-refractivity contribution in [2.75, 3.05) is 20.3 Å². The van der Waals surface area contributed by atoms with Crippen LogP contribution in [0.4, 0.5) is 4.79 Å². The maximum absolute atomic E-state index is 12.6. The van der Waals surface area contributed by atoms with Gasteiger partial charge >= 0.3 is 0 Å². The SMILES string of the molecule is COCCCN1C(=O)S/C(=C/c2cc(C)n(-c3ccccc3Br)c2C)C1=O. The predicted octanol–water partition coefficient (Wildman–Crippen LogP) is 4.93. The molecular formula is C20H21BrN2O3S. The van der Waals surface area contributed by atoms with E-state index in [4.69, 9.17) is 4.74 Å². The minimum Gasteiger partial charge on any atom is -0.385 e. The smallest absolute Gasteiger partial charge is 0.293 e. The van der Waals surface area contributed by atoms with Gasteiger partial charge < -0.3 is 9.30 Å². The summed E-state index contributed by atoms with van der Waals surface area (Å²) in [7, 11) is 1.61. The van der Waals surface area contributed by atoms with Gasteiger partial charge in [0, 0.05) is 36.1 Å². The number of carbonyl (C=O) groups excluding carboxylic acids is 2. The van der Waals surface area contributed by atoms with Gasteiger partial charge in [-0.3, -0.25) is 14.5 Å². The monoisotopic (exact) mass is 448 g/mol. The molecule has 0 bridgehead atoms. The van der Waals surface area contributed by atoms with E-state index in [9.17, 15) is 9.59 Å². The number of hydrogen-bond acceptors (Lipinski definition) is 4. The van der Waals surface area contributed by atoms with Crippen molar-refractivity contribution >= 4 is 44.9 Å². The third-order valence-electron chi connectivity index (χ3n) is 4.45. The van der Waals surface area contributed by atoms with E-state index in [1.165, 1.54) is 4.90 Å². The zero-order valence-electron chi connectivity index (χ0n) is 15.5. The number of nitrogens with zero attached hydrogens (tertiary/aromatic N) is 2. The summed E-state index contributed by atoms with van der Waals surface area (Å²) in [6.07, 6.45) is 2.45. The maximum atomic E-state index is 12.6. The summed E-state index contributed by atoms with van der Waals surface area (Å²) in [5, 5.41) is -0.220. The van der Waals surface area contributed by atoms with Crippen LogP contribution in [0.3, 0.4) is 0 Å². The fourth-order valence-corrected chi connectivity index (χ4v) is 4.46. The molecule has 142 valence electrons. The number of thioether (sulfide) groups is 1. The highest BCUT2D eigenvalue weighted by Crippen LogP contribution is 2.34. The Hall–Kier alpha value is -1.83. The lowest BCUT2D eigenvalue weighted by molar-refractivity contribution is -0.122. The second-order valence-electron chi connectivity index (χ2n) is 6.29. The van der Waals surface area contributed by atoms with Crippen molar-refractivity contribution in [3.63, 3.8) is 0 Å². The third kappa shape index (κ3) is 4.05. The van der Waals surface area contributed by atoms with Crippen molar-refractivity contribution < 1.29 is 14.3 Å². The van der Waals surface area contributed by atoms with Crippen molar-refractivity contribution in [1.29, 1.82) is 0 Å². The number of methoxy groups -OCH3 is 1. The molecule has 0 unspecified atom stereocenters. The molecular weight excluding hydrogens is 428 g/mol. The number of aromatic nitrogens is 1. The van der Waals surface area contributed by atoms with Gasteiger partial charge in [0.15, 0.2) is 0 Å². The van der Waals surface area contributed by atoms with Gasteiger partial charge in [0.1, 0.15) is 0 Å². The molecule has 7 heteroatoms. The number of para-hydroxylation sites is 1. The first-order valence-electron chi connectivity index (χ1n) is 8.62. The van der Waals surface area contributed by atoms with Crippen LogP contribution in [-0.4, -0.2) is 40.9 Å². The molecule has 0 spiro atoms. The van der Waals surface area contributed by atoms with Gasteiger partial charge in [-0.05, 0) is 77.8 Å². The standard InChI is InChI=1S/C20H21BrN2O3S/c1-13-11-15(14(2)23(13)17-8-5-4-7-16(17)21)12-18-19(24)22(20(25)27-18)9-6-10-26-3/h4-5,7-8,11-12H,6,9-10H2,1-3H3/b18-12+. The van der Waals surface area contributed by atoms with Crippen LogP contribution in [0, 0.1) is 13.8 Å². The first-order valence-corrected chi connectivity index (χ1v) is 10.2. The van der Waals surface area contributed by atoms with Crippen LogP contribution < -0.4 is 0 Å². The molecule has 0 aliphatic carbocycles. The number of ether oxygens (including phenoxy) is 1. The van der Waals surface area contributed by atoms with Gasteiger partial charge in [-0.15, -0.1) is 0 Å². The lowest BCUT2D eigenvalue weighted by atomic mass is 10.2. The summed E-state index contributed by atoms with van der Waals surface area (Å²) in [6.45, 7) is 4.95. The van der Waals surface area contributed by atoms with E-state index in [1.807, 2.05) is 50.3 Å². The summed E-state index contributed by atoms with van der Waals surface area (Å²) in [5.74, 6) is -0.230. The van der Waals surface area contributed by atoms with Gasteiger partial charge in [0.05, 0.1) is 10.6 Å². The average Bonchev–Trinajstić information content (AvgIpc) is 3.06. The Labute approximate surface area is 171 Å². The van der Waals surface area contributed by atoms with Crippen LogP contribution in [0.5, 0.6) is 0 Å². The molecule has 1 fully saturated rings. The van der Waals surface area contributed by atoms with Crippen LogP contribution in [-0.2, 0) is 9.53 Å². The Morgan fingerprint density at radius 1 is 1.22 bits per heavy atom. The summed E-state index contributed by atoms with van der Waals surface area (Å²) in [5.41, 5.74) is 4.06. The number of rotatable bonds is 6. The number of hydrogen-bond donors (Lipinski definition) is 0. The molecule has 1 aliphatic rings. The molecule has 0 N–H and O–H groups in total. The second kappa shape index (κ2) is 8.46. The van der Waals surface area contributed by atoms with Gasteiger partial charge in [0.2, 0.25) is 0 Å². The number of halogens is 1. The van der Waals surface area contributed by atoms with Crippen LogP contribution in [0.15, 0.2) is 39.7 Å². The van der Waals surface area contributed by atoms with E-state index in [0.717, 1.165) is 38.9 Å². The van der Waals surface area contributed by atoms with Gasteiger partial charge in [-0.25, -0.2) is 0 Å². The van der Waals surface area contributed by atoms with Crippen LogP contribution in [0.1, 0.15) is 23.4 Å². The molecule has 1 aromatic heterocycles. The summed E-state index contributed by atoms with van der Waals surface area (Å²) in [6, 6.07) is 10.0. The quantitative estimate of drug-likeness (QED) is 0.464. The van der Waals surface area contributed by atoms with Crippen LogP contribution in [0.2, 0.25) is 0 Å². The third-order valence-corrected chi connectivity index (χ3v) is 6.03. The van der Waals surface area contributed by atoms with Crippen molar-refractivity contribution in [2.24, 2.45) is 0 Å². The molecule has 1 aliphatic heterocycles. The summed E-state index contributed by atoms with van der Waals surface area (Å²) < 4.78 is 8.14. The molecule has 1 aromatic carbocycles. The maximum Gasteiger partial charge on any atom is 0.293 e. The lowest BCUT2D eigenvalue weighted by Gasteiger charge is -2.12. The van der Waals surface area contributed by atoms with E-state index < -0.39 is 0 Å². The molecule has 3 rings (SSSR count). The Morgan fingerprint density at radius 2 is 1.96 bits per heavy atom. The zero-order chi connectivity index (χ0) is 19.6. The molecule has 2 aromatic rings. The normalized spacial score (nSPS) is 16.0. The van der Waals surface area contributed by atoms with Crippen LogP contribution >= 0.6 is 27.7 Å². The van der Waals surface area contributed by atoms with Crippen molar-refractivity contribution in [3.8, 4) is 5.69 Å². The largest absolute Gasteiger partial charge is 0.385 e. The van der Waals surface area contributed by atoms with E-state index >= 15 is 0 Å². The Bertz CT molecular complexity index is 920. The fraction of sp³-hybridized carbons (Fsp3) is 0.300. The minimum absolute atomic E-state index is 0.220. The Morgan fingerprint density at radius 3 is 2.67 bits per heavy atom. The average molecular weight is 449 g/mol. The van der Waals surface area contributed by atoms with E-state index in [2.05, 4.69) is 20.5 Å². The Kier molecular flexibility index (Phi) is 6.24. The van der Waals surface area contributed by atoms with E-state index in [0.29, 0.717) is 24.5 Å². The molecule has 5 nitrogen and oxygen atoms in total. The highest BCUT2D eigenvalue weighted by atomic mass is 79.9. The molecule has 0 atom stereocenters. The van der Waals surface area contributed by atoms with Crippen molar-refractivity contribution in [3.05, 3.63) is 56.7 Å². The number of aryl methyl sites for hydroxylation is 1. The molecule has 2 amide bonds. The molecule has 0 radical (unpaired) electrons. The molecule has 2 heterocycles. The highest BCUT2D eigenvalue weighted by Gasteiger charge is 2.34. The zero-order valence-corrected chi connectivity index (χ0v) is 17.9. The van der Waals surface area contributed by atoms with Crippen LogP contribution in [0.25, 0.3) is 11.8 Å². The minimum atomic E-state index is -0.230. The number of carbonyl (C=O) groups is 2. The molecule has 27 heavy (non-hydrogen) atoms. The molecule has 0 saturated carbocycles. The van der Waals surface area contributed by atoms with E-state index in [-0.39, 0.29) is 11.1 Å². The molecule has 1 saturated heterocycles. The fourth-order valence-electron chi connectivity index (χ4n) is 3.14. The highest BCUT2D eigenvalue weighted by molar-refractivity contribution is 9.10. The van der Waals surface area contributed by atoms with Gasteiger partial charge in [-0.2, -0.15) is 0 Å². The number of amides is 2. The number of imide groups is 1. The first kappa shape index (κ1) is 19.9.